The number of hydrogen-bond donors (Lipinski definition) is 1. The maximum absolute atomic E-state index is 6.14. The first-order valence-electron chi connectivity index (χ1n) is 12.5. The van der Waals surface area contributed by atoms with Crippen LogP contribution in [-0.4, -0.2) is 28.8 Å². The third kappa shape index (κ3) is 4.06. The summed E-state index contributed by atoms with van der Waals surface area (Å²) in [4.78, 5) is 6.08. The van der Waals surface area contributed by atoms with Crippen molar-refractivity contribution in [2.75, 3.05) is 12.3 Å². The minimum absolute atomic E-state index is 0.146. The van der Waals surface area contributed by atoms with E-state index in [1.54, 1.807) is 5.56 Å². The molecule has 2 unspecified atom stereocenters. The second-order valence-corrected chi connectivity index (χ2v) is 12.8. The van der Waals surface area contributed by atoms with Gasteiger partial charge in [-0.2, -0.15) is 11.8 Å². The first-order chi connectivity index (χ1) is 15.1. The maximum Gasteiger partial charge on any atom is 0.109 e. The van der Waals surface area contributed by atoms with Crippen LogP contribution in [0.1, 0.15) is 70.3 Å². The zero-order chi connectivity index (χ0) is 21.5. The summed E-state index contributed by atoms with van der Waals surface area (Å²) in [5, 5.41) is 0.827. The van der Waals surface area contributed by atoms with E-state index in [2.05, 4.69) is 55.2 Å². The van der Waals surface area contributed by atoms with E-state index in [-0.39, 0.29) is 5.41 Å². The molecule has 4 heteroatoms. The van der Waals surface area contributed by atoms with Crippen LogP contribution >= 0.6 is 24.0 Å². The molecule has 31 heavy (non-hydrogen) atoms. The molecule has 168 valence electrons. The van der Waals surface area contributed by atoms with Gasteiger partial charge in [-0.1, -0.05) is 49.5 Å². The number of rotatable bonds is 6. The Kier molecular flexibility index (Phi) is 6.35. The molecular weight excluding hydrogens is 416 g/mol. The zero-order valence-electron chi connectivity index (χ0n) is 19.0. The van der Waals surface area contributed by atoms with Crippen LogP contribution in [0.15, 0.2) is 35.3 Å². The van der Waals surface area contributed by atoms with E-state index in [1.807, 2.05) is 0 Å². The van der Waals surface area contributed by atoms with Gasteiger partial charge in [0.15, 0.2) is 0 Å². The normalized spacial score (nSPS) is 41.7. The molecule has 1 aromatic carbocycles. The van der Waals surface area contributed by atoms with Gasteiger partial charge >= 0.3 is 0 Å². The quantitative estimate of drug-likeness (QED) is 0.398. The van der Waals surface area contributed by atoms with Crippen molar-refractivity contribution in [3.05, 3.63) is 35.9 Å². The molecule has 0 heterocycles. The Morgan fingerprint density at radius 1 is 1.10 bits per heavy atom. The largest absolute Gasteiger partial charge is 0.330 e. The average Bonchev–Trinajstić information content (AvgIpc) is 2.80. The molecule has 4 bridgehead atoms. The Balaban J connectivity index is 1.38. The van der Waals surface area contributed by atoms with E-state index in [0.29, 0.717) is 11.3 Å². The van der Waals surface area contributed by atoms with Gasteiger partial charge in [0, 0.05) is 16.9 Å². The van der Waals surface area contributed by atoms with Crippen molar-refractivity contribution in [3.8, 4) is 0 Å². The first-order valence-corrected chi connectivity index (χ1v) is 14.0. The van der Waals surface area contributed by atoms with Crippen molar-refractivity contribution in [2.45, 2.75) is 75.4 Å². The van der Waals surface area contributed by atoms with E-state index in [9.17, 15) is 0 Å². The summed E-state index contributed by atoms with van der Waals surface area (Å²) >= 11 is 8.36. The highest BCUT2D eigenvalue weighted by atomic mass is 32.2. The highest BCUT2D eigenvalue weighted by molar-refractivity contribution is 7.99. The van der Waals surface area contributed by atoms with Gasteiger partial charge in [-0.3, -0.25) is 4.99 Å². The van der Waals surface area contributed by atoms with Crippen molar-refractivity contribution >= 4 is 35.2 Å². The predicted octanol–water partition coefficient (Wildman–Crippen LogP) is 6.42. The van der Waals surface area contributed by atoms with Crippen LogP contribution in [0, 0.1) is 29.1 Å². The number of thiocarbonyl (C=S) groups is 1. The van der Waals surface area contributed by atoms with Gasteiger partial charge in [-0.15, -0.1) is 0 Å². The SMILES string of the molecule is CCSC1C2CC3(C(=S)N=CC4CCC(CN)CC4)CC1CC(c1ccccc1)(C2)C3. The molecule has 5 aliphatic carbocycles. The fraction of sp³-hybridized carbons (Fsp3) is 0.704. The molecule has 2 atom stereocenters. The number of benzene rings is 1. The molecule has 5 saturated carbocycles. The van der Waals surface area contributed by atoms with Crippen LogP contribution in [0.25, 0.3) is 0 Å². The number of aliphatic imine (C=N–C) groups is 1. The molecule has 0 aromatic heterocycles. The Morgan fingerprint density at radius 3 is 2.39 bits per heavy atom. The molecule has 2 nitrogen and oxygen atoms in total. The van der Waals surface area contributed by atoms with Crippen LogP contribution < -0.4 is 5.73 Å². The fourth-order valence-corrected chi connectivity index (χ4v) is 9.45. The van der Waals surface area contributed by atoms with E-state index >= 15 is 0 Å². The molecule has 0 radical (unpaired) electrons. The van der Waals surface area contributed by atoms with Gasteiger partial charge < -0.3 is 5.73 Å². The predicted molar refractivity (Wildman–Crippen MR) is 138 cm³/mol. The van der Waals surface area contributed by atoms with E-state index in [4.69, 9.17) is 22.9 Å². The zero-order valence-corrected chi connectivity index (χ0v) is 20.6. The minimum Gasteiger partial charge on any atom is -0.330 e. The second-order valence-electron chi connectivity index (χ2n) is 11.0. The van der Waals surface area contributed by atoms with E-state index in [1.165, 1.54) is 63.5 Å². The van der Waals surface area contributed by atoms with Crippen LogP contribution in [0.4, 0.5) is 0 Å². The molecule has 6 rings (SSSR count). The Bertz CT molecular complexity index is 796. The maximum atomic E-state index is 6.14. The third-order valence-corrected chi connectivity index (χ3v) is 11.1. The number of thioether (sulfide) groups is 1. The topological polar surface area (TPSA) is 38.4 Å². The lowest BCUT2D eigenvalue weighted by Gasteiger charge is -2.64. The first kappa shape index (κ1) is 22.1. The summed E-state index contributed by atoms with van der Waals surface area (Å²) in [5.74, 6) is 4.13. The second kappa shape index (κ2) is 8.91. The van der Waals surface area contributed by atoms with Crippen molar-refractivity contribution in [1.29, 1.82) is 0 Å². The van der Waals surface area contributed by atoms with Crippen LogP contribution in [0.3, 0.4) is 0 Å². The Labute approximate surface area is 198 Å². The number of nitrogens with zero attached hydrogens (tertiary/aromatic N) is 1. The summed E-state index contributed by atoms with van der Waals surface area (Å²) in [6, 6.07) is 11.4. The Hall–Kier alpha value is -0.710. The third-order valence-electron chi connectivity index (χ3n) is 9.04. The van der Waals surface area contributed by atoms with Crippen molar-refractivity contribution in [1.82, 2.24) is 0 Å². The fourth-order valence-electron chi connectivity index (χ4n) is 7.83. The highest BCUT2D eigenvalue weighted by Gasteiger charge is 2.62. The summed E-state index contributed by atoms with van der Waals surface area (Å²) in [6.45, 7) is 3.17. The van der Waals surface area contributed by atoms with Gasteiger partial charge in [0.2, 0.25) is 0 Å². The molecule has 0 spiro atoms. The molecule has 5 aliphatic rings. The van der Waals surface area contributed by atoms with Gasteiger partial charge in [0.05, 0.1) is 0 Å². The van der Waals surface area contributed by atoms with E-state index < -0.39 is 0 Å². The highest BCUT2D eigenvalue weighted by Crippen LogP contribution is 2.68. The van der Waals surface area contributed by atoms with Gasteiger partial charge in [-0.25, -0.2) is 0 Å². The summed E-state index contributed by atoms with van der Waals surface area (Å²) in [6.07, 6.45) is 13.7. The monoisotopic (exact) mass is 454 g/mol. The van der Waals surface area contributed by atoms with Crippen LogP contribution in [-0.2, 0) is 5.41 Å². The number of hydrogen-bond acceptors (Lipinski definition) is 3. The van der Waals surface area contributed by atoms with Crippen LogP contribution in [0.2, 0.25) is 0 Å². The van der Waals surface area contributed by atoms with Gasteiger partial charge in [0.25, 0.3) is 0 Å². The Morgan fingerprint density at radius 2 is 1.77 bits per heavy atom. The van der Waals surface area contributed by atoms with Crippen molar-refractivity contribution < 1.29 is 0 Å². The molecule has 5 fully saturated rings. The molecule has 2 N–H and O–H groups in total. The summed E-state index contributed by atoms with van der Waals surface area (Å²) in [7, 11) is 0. The van der Waals surface area contributed by atoms with Gasteiger partial charge in [-0.05, 0) is 105 Å². The van der Waals surface area contributed by atoms with E-state index in [0.717, 1.165) is 34.5 Å². The smallest absolute Gasteiger partial charge is 0.109 e. The lowest BCUT2D eigenvalue weighted by atomic mass is 9.42. The summed E-state index contributed by atoms with van der Waals surface area (Å²) in [5.41, 5.74) is 7.90. The minimum atomic E-state index is 0.146. The number of nitrogens with two attached hydrogens (primary N) is 1. The molecule has 0 aliphatic heterocycles. The lowest BCUT2D eigenvalue weighted by molar-refractivity contribution is -0.0283. The van der Waals surface area contributed by atoms with Crippen molar-refractivity contribution in [3.63, 3.8) is 0 Å². The lowest BCUT2D eigenvalue weighted by Crippen LogP contribution is -2.60. The van der Waals surface area contributed by atoms with Crippen LogP contribution in [0.5, 0.6) is 0 Å². The average molecular weight is 455 g/mol. The standard InChI is InChI=1S/C27H38N2S2/c1-2-31-24-21-12-26(23-6-4-3-5-7-23)13-22(24)15-27(14-21,18-26)25(30)29-17-20-10-8-19(16-28)9-11-20/h3-7,17,19-22,24H,2,8-16,18,28H2,1H3. The molecular formula is C27H38N2S2. The van der Waals surface area contributed by atoms with Gasteiger partial charge in [0.1, 0.15) is 4.99 Å². The molecule has 0 amide bonds. The molecule has 1 aromatic rings. The summed E-state index contributed by atoms with van der Waals surface area (Å²) < 4.78 is 0. The molecule has 0 saturated heterocycles. The van der Waals surface area contributed by atoms with Crippen molar-refractivity contribution in [2.24, 2.45) is 39.8 Å².